The Morgan fingerprint density at radius 3 is 2.40 bits per heavy atom. The number of carbonyl (C=O) groups is 2. The number of esters is 1. The van der Waals surface area contributed by atoms with Crippen molar-refractivity contribution in [3.05, 3.63) is 62.5 Å². The van der Waals surface area contributed by atoms with E-state index in [1.165, 1.54) is 0 Å². The standard InChI is InChI=1S/C21H20BrCl2N3O3/c1-3-30-18(28)12-27(17-9-15(23)8-16(24)10-17)20-25-19(29)21(2,26-20)11-13-4-6-14(22)7-5-13/h4-10H,3,11-12H2,1-2H3,(H,25,26,29)/p+1/t21-/m1/s1. The Hall–Kier alpha value is -2.09. The molecule has 6 nitrogen and oxygen atoms in total. The predicted octanol–water partition coefficient (Wildman–Crippen LogP) is 4.04. The Bertz CT molecular complexity index is 991. The molecule has 1 atom stereocenters. The lowest BCUT2D eigenvalue weighted by atomic mass is 9.93. The first-order chi connectivity index (χ1) is 14.2. The molecule has 9 heteroatoms. The van der Waals surface area contributed by atoms with Gasteiger partial charge < -0.3 is 4.74 Å². The van der Waals surface area contributed by atoms with Crippen LogP contribution in [0.1, 0.15) is 19.4 Å². The minimum Gasteiger partial charge on any atom is -0.464 e. The van der Waals surface area contributed by atoms with Crippen molar-refractivity contribution < 1.29 is 18.9 Å². The number of hydrogen-bond donors (Lipinski definition) is 2. The molecule has 2 aromatic carbocycles. The van der Waals surface area contributed by atoms with Crippen molar-refractivity contribution in [2.24, 2.45) is 0 Å². The van der Waals surface area contributed by atoms with Gasteiger partial charge in [0.15, 0.2) is 12.1 Å². The number of rotatable bonds is 6. The van der Waals surface area contributed by atoms with E-state index in [0.717, 1.165) is 10.0 Å². The van der Waals surface area contributed by atoms with Crippen molar-refractivity contribution in [3.8, 4) is 0 Å². The summed E-state index contributed by atoms with van der Waals surface area (Å²) in [6.45, 7) is 3.67. The van der Waals surface area contributed by atoms with Crippen LogP contribution in [0.15, 0.2) is 46.9 Å². The highest BCUT2D eigenvalue weighted by atomic mass is 79.9. The summed E-state index contributed by atoms with van der Waals surface area (Å²) in [6.07, 6.45) is 0.458. The highest BCUT2D eigenvalue weighted by molar-refractivity contribution is 9.10. The van der Waals surface area contributed by atoms with E-state index in [9.17, 15) is 9.59 Å². The van der Waals surface area contributed by atoms with Gasteiger partial charge in [0.1, 0.15) is 5.69 Å². The molecule has 1 saturated heterocycles. The molecule has 0 aliphatic carbocycles. The molecule has 2 aromatic rings. The average molecular weight is 514 g/mol. The molecule has 1 heterocycles. The van der Waals surface area contributed by atoms with Crippen LogP contribution >= 0.6 is 39.1 Å². The molecule has 0 saturated carbocycles. The molecule has 0 spiro atoms. The molecule has 0 bridgehead atoms. The van der Waals surface area contributed by atoms with Gasteiger partial charge in [-0.1, -0.05) is 51.3 Å². The molecule has 30 heavy (non-hydrogen) atoms. The van der Waals surface area contributed by atoms with Gasteiger partial charge >= 0.3 is 17.8 Å². The van der Waals surface area contributed by atoms with Crippen molar-refractivity contribution in [1.82, 2.24) is 10.6 Å². The van der Waals surface area contributed by atoms with Crippen LogP contribution in [0.2, 0.25) is 10.0 Å². The van der Waals surface area contributed by atoms with Crippen molar-refractivity contribution in [3.63, 3.8) is 0 Å². The zero-order chi connectivity index (χ0) is 21.9. The van der Waals surface area contributed by atoms with E-state index in [-0.39, 0.29) is 19.1 Å². The molecule has 3 rings (SSSR count). The molecule has 0 unspecified atom stereocenters. The van der Waals surface area contributed by atoms with E-state index in [1.54, 1.807) is 29.7 Å². The molecule has 1 amide bonds. The molecule has 1 aliphatic rings. The molecular weight excluding hydrogens is 493 g/mol. The molecule has 1 fully saturated rings. The van der Waals surface area contributed by atoms with Crippen LogP contribution in [0, 0.1) is 0 Å². The monoisotopic (exact) mass is 512 g/mol. The molecular formula is C21H21BrCl2N3O3+. The Balaban J connectivity index is 1.98. The third kappa shape index (κ3) is 5.33. The normalized spacial score (nSPS) is 19.8. The second kappa shape index (κ2) is 9.37. The topological polar surface area (TPSA) is 70.4 Å². The fraction of sp³-hybridized carbons (Fsp3) is 0.286. The SMILES string of the molecule is CCOC(=O)C[N+](=C1NC(=O)[C@@](C)(Cc2ccc(Br)cc2)N1)c1cc(Cl)cc(Cl)c1. The molecule has 0 radical (unpaired) electrons. The Labute approximate surface area is 193 Å². The predicted molar refractivity (Wildman–Crippen MR) is 120 cm³/mol. The second-order valence-corrected chi connectivity index (χ2v) is 8.87. The van der Waals surface area contributed by atoms with Crippen molar-refractivity contribution in [1.29, 1.82) is 0 Å². The van der Waals surface area contributed by atoms with Gasteiger partial charge in [-0.2, -0.15) is 0 Å². The van der Waals surface area contributed by atoms with Crippen LogP contribution < -0.4 is 10.6 Å². The van der Waals surface area contributed by atoms with Crippen LogP contribution in [0.5, 0.6) is 0 Å². The number of halogens is 3. The smallest absolute Gasteiger partial charge is 0.359 e. The maximum atomic E-state index is 12.9. The summed E-state index contributed by atoms with van der Waals surface area (Å²) in [4.78, 5) is 25.1. The Morgan fingerprint density at radius 1 is 1.17 bits per heavy atom. The maximum Gasteiger partial charge on any atom is 0.359 e. The summed E-state index contributed by atoms with van der Waals surface area (Å²) in [7, 11) is 0. The Morgan fingerprint density at radius 2 is 1.80 bits per heavy atom. The van der Waals surface area contributed by atoms with Gasteiger partial charge in [0.05, 0.1) is 6.61 Å². The number of nitrogens with zero attached hydrogens (tertiary/aromatic N) is 1. The lowest BCUT2D eigenvalue weighted by molar-refractivity contribution is -0.435. The number of benzene rings is 2. The number of nitrogens with one attached hydrogen (secondary N) is 2. The van der Waals surface area contributed by atoms with Crippen LogP contribution in [-0.4, -0.2) is 41.1 Å². The van der Waals surface area contributed by atoms with Crippen LogP contribution in [0.3, 0.4) is 0 Å². The van der Waals surface area contributed by atoms with E-state index in [4.69, 9.17) is 27.9 Å². The second-order valence-electron chi connectivity index (χ2n) is 7.08. The van der Waals surface area contributed by atoms with Gasteiger partial charge in [-0.15, -0.1) is 0 Å². The number of hydrogen-bond acceptors (Lipinski definition) is 3. The third-order valence-corrected chi connectivity index (χ3v) is 5.58. The van der Waals surface area contributed by atoms with E-state index in [2.05, 4.69) is 26.6 Å². The zero-order valence-electron chi connectivity index (χ0n) is 16.5. The lowest BCUT2D eigenvalue weighted by Crippen LogP contribution is -2.47. The number of amides is 1. The molecule has 1 aliphatic heterocycles. The first-order valence-electron chi connectivity index (χ1n) is 9.30. The molecule has 2 N–H and O–H groups in total. The first-order valence-corrected chi connectivity index (χ1v) is 10.9. The van der Waals surface area contributed by atoms with Gasteiger partial charge in [0.2, 0.25) is 0 Å². The molecule has 158 valence electrons. The van der Waals surface area contributed by atoms with Crippen molar-refractivity contribution >= 4 is 62.7 Å². The number of carbonyl (C=O) groups excluding carboxylic acids is 2. The summed E-state index contributed by atoms with van der Waals surface area (Å²) in [5.74, 6) is -0.285. The van der Waals surface area contributed by atoms with Crippen molar-refractivity contribution in [2.45, 2.75) is 25.8 Å². The zero-order valence-corrected chi connectivity index (χ0v) is 19.6. The number of ether oxygens (including phenoxy) is 1. The van der Waals surface area contributed by atoms with Gasteiger partial charge in [-0.05, 0) is 49.7 Å². The van der Waals surface area contributed by atoms with E-state index >= 15 is 0 Å². The summed E-state index contributed by atoms with van der Waals surface area (Å²) in [6, 6.07) is 12.7. The minimum atomic E-state index is -0.904. The third-order valence-electron chi connectivity index (χ3n) is 4.62. The first kappa shape index (κ1) is 22.6. The average Bonchev–Trinajstić information content (AvgIpc) is 2.95. The van der Waals surface area contributed by atoms with Crippen LogP contribution in [-0.2, 0) is 20.7 Å². The largest absolute Gasteiger partial charge is 0.464 e. The van der Waals surface area contributed by atoms with Gasteiger partial charge in [-0.3, -0.25) is 10.1 Å². The fourth-order valence-electron chi connectivity index (χ4n) is 3.20. The van der Waals surface area contributed by atoms with E-state index in [0.29, 0.717) is 28.1 Å². The Kier molecular flexibility index (Phi) is 7.06. The lowest BCUT2D eigenvalue weighted by Gasteiger charge is -2.17. The summed E-state index contributed by atoms with van der Waals surface area (Å²) >= 11 is 15.7. The molecule has 0 aromatic heterocycles. The summed E-state index contributed by atoms with van der Waals surface area (Å²) < 4.78 is 7.66. The van der Waals surface area contributed by atoms with Crippen LogP contribution in [0.25, 0.3) is 0 Å². The minimum absolute atomic E-state index is 0.124. The fourth-order valence-corrected chi connectivity index (χ4v) is 3.97. The van der Waals surface area contributed by atoms with Gasteiger partial charge in [0.25, 0.3) is 0 Å². The van der Waals surface area contributed by atoms with Crippen LogP contribution in [0.4, 0.5) is 5.69 Å². The quantitative estimate of drug-likeness (QED) is 0.451. The summed E-state index contributed by atoms with van der Waals surface area (Å²) in [5, 5.41) is 6.91. The van der Waals surface area contributed by atoms with E-state index in [1.807, 2.05) is 31.2 Å². The van der Waals surface area contributed by atoms with Gasteiger partial charge in [-0.25, -0.2) is 14.7 Å². The number of guanidine groups is 1. The maximum absolute atomic E-state index is 12.9. The summed E-state index contributed by atoms with van der Waals surface area (Å²) in [5.41, 5.74) is 0.641. The van der Waals surface area contributed by atoms with Gasteiger partial charge in [0, 0.05) is 20.9 Å². The highest BCUT2D eigenvalue weighted by Crippen LogP contribution is 2.26. The highest BCUT2D eigenvalue weighted by Gasteiger charge is 2.48. The van der Waals surface area contributed by atoms with E-state index < -0.39 is 11.5 Å². The van der Waals surface area contributed by atoms with Crippen molar-refractivity contribution in [2.75, 3.05) is 13.2 Å².